The third kappa shape index (κ3) is 2.49. The maximum absolute atomic E-state index is 11.8. The van der Waals surface area contributed by atoms with Gasteiger partial charge in [-0.1, -0.05) is 6.07 Å². The van der Waals surface area contributed by atoms with Gasteiger partial charge in [-0.05, 0) is 18.6 Å². The zero-order chi connectivity index (χ0) is 13.5. The zero-order valence-electron chi connectivity index (χ0n) is 10.5. The van der Waals surface area contributed by atoms with Crippen LogP contribution in [-0.2, 0) is 20.6 Å². The number of hydrogen-bond acceptors (Lipinski definition) is 5. The molecule has 0 saturated carbocycles. The molecule has 2 aliphatic rings. The summed E-state index contributed by atoms with van der Waals surface area (Å²) in [5.74, 6) is 0.899. The molecule has 0 radical (unpaired) electrons. The highest BCUT2D eigenvalue weighted by molar-refractivity contribution is 7.91. The fraction of sp³-hybridized carbons (Fsp3) is 0.500. The van der Waals surface area contributed by atoms with Gasteiger partial charge in [0, 0.05) is 13.1 Å². The molecule has 7 heteroatoms. The number of nitrogens with one attached hydrogen (secondary N) is 1. The predicted molar refractivity (Wildman–Crippen MR) is 76.8 cm³/mol. The number of hydrogen-bond donors (Lipinski definition) is 1. The van der Waals surface area contributed by atoms with E-state index in [4.69, 9.17) is 0 Å². The molecule has 0 aromatic heterocycles. The monoisotopic (exact) mass is 300 g/mol. The van der Waals surface area contributed by atoms with E-state index < -0.39 is 20.6 Å². The Morgan fingerprint density at radius 3 is 2.89 bits per heavy atom. The summed E-state index contributed by atoms with van der Waals surface area (Å²) in [5, 5.41) is 3.17. The second-order valence-electron chi connectivity index (χ2n) is 4.81. The molecule has 1 N–H and O–H groups in total. The Labute approximate surface area is 115 Å². The van der Waals surface area contributed by atoms with E-state index in [1.165, 1.54) is 0 Å². The molecule has 1 saturated heterocycles. The average molecular weight is 300 g/mol. The fourth-order valence-corrected chi connectivity index (χ4v) is 4.88. The Hall–Kier alpha value is -1.08. The molecule has 2 heterocycles. The molecule has 104 valence electrons. The summed E-state index contributed by atoms with van der Waals surface area (Å²) in [5.41, 5.74) is 1.88. The minimum atomic E-state index is -2.91. The summed E-state index contributed by atoms with van der Waals surface area (Å²) in [4.78, 5) is 2.91. The standard InChI is InChI=1S/C12H16N2O3S2/c15-18-9-13-12-10(3-1-4-11(12)18)14-5-2-7-19(16,17)8-6-14/h1,3-4,13H,2,5-9H2. The van der Waals surface area contributed by atoms with Crippen LogP contribution in [0.1, 0.15) is 6.42 Å². The molecule has 3 rings (SSSR count). The maximum Gasteiger partial charge on any atom is 0.152 e. The van der Waals surface area contributed by atoms with Crippen molar-refractivity contribution in [3.8, 4) is 0 Å². The molecule has 19 heavy (non-hydrogen) atoms. The Morgan fingerprint density at radius 2 is 2.05 bits per heavy atom. The van der Waals surface area contributed by atoms with Gasteiger partial charge < -0.3 is 10.2 Å². The van der Waals surface area contributed by atoms with Crippen molar-refractivity contribution < 1.29 is 12.6 Å². The van der Waals surface area contributed by atoms with Gasteiger partial charge in [0.25, 0.3) is 0 Å². The molecule has 0 amide bonds. The number of fused-ring (bicyclic) bond motifs is 1. The van der Waals surface area contributed by atoms with Crippen LogP contribution >= 0.6 is 0 Å². The first-order chi connectivity index (χ1) is 9.07. The van der Waals surface area contributed by atoms with Gasteiger partial charge in [0.1, 0.15) is 0 Å². The van der Waals surface area contributed by atoms with Gasteiger partial charge in [0.2, 0.25) is 0 Å². The summed E-state index contributed by atoms with van der Waals surface area (Å²) in [6.07, 6.45) is 0.648. The highest BCUT2D eigenvalue weighted by Gasteiger charge is 2.25. The van der Waals surface area contributed by atoms with E-state index in [9.17, 15) is 12.6 Å². The van der Waals surface area contributed by atoms with Crippen molar-refractivity contribution in [3.05, 3.63) is 18.2 Å². The zero-order valence-corrected chi connectivity index (χ0v) is 12.1. The Balaban J connectivity index is 1.93. The molecule has 2 aliphatic heterocycles. The minimum Gasteiger partial charge on any atom is -0.371 e. The smallest absolute Gasteiger partial charge is 0.152 e. The Morgan fingerprint density at radius 1 is 1.21 bits per heavy atom. The van der Waals surface area contributed by atoms with E-state index in [0.29, 0.717) is 18.8 Å². The third-order valence-corrected chi connectivity index (χ3v) is 6.48. The van der Waals surface area contributed by atoms with E-state index >= 15 is 0 Å². The Kier molecular flexibility index (Phi) is 3.26. The van der Waals surface area contributed by atoms with E-state index in [2.05, 4.69) is 10.2 Å². The van der Waals surface area contributed by atoms with Crippen LogP contribution in [0.15, 0.2) is 23.1 Å². The Bertz CT molecular complexity index is 628. The fourth-order valence-electron chi connectivity index (χ4n) is 2.55. The van der Waals surface area contributed by atoms with Gasteiger partial charge in [-0.2, -0.15) is 0 Å². The van der Waals surface area contributed by atoms with Crippen molar-refractivity contribution in [2.75, 3.05) is 40.7 Å². The highest BCUT2D eigenvalue weighted by atomic mass is 32.2. The first kappa shape index (κ1) is 12.9. The number of rotatable bonds is 1. The van der Waals surface area contributed by atoms with E-state index in [-0.39, 0.29) is 11.5 Å². The van der Waals surface area contributed by atoms with Crippen molar-refractivity contribution in [2.24, 2.45) is 0 Å². The lowest BCUT2D eigenvalue weighted by Crippen LogP contribution is -2.27. The molecular formula is C12H16N2O3S2. The van der Waals surface area contributed by atoms with Crippen LogP contribution in [0.25, 0.3) is 0 Å². The number of benzene rings is 1. The molecule has 0 bridgehead atoms. The van der Waals surface area contributed by atoms with Gasteiger partial charge in [-0.15, -0.1) is 0 Å². The van der Waals surface area contributed by atoms with Gasteiger partial charge in [0.15, 0.2) is 9.84 Å². The van der Waals surface area contributed by atoms with Gasteiger partial charge in [-0.25, -0.2) is 8.42 Å². The normalized spacial score (nSPS) is 25.5. The van der Waals surface area contributed by atoms with Crippen LogP contribution in [0, 0.1) is 0 Å². The lowest BCUT2D eigenvalue weighted by atomic mass is 10.2. The van der Waals surface area contributed by atoms with Crippen molar-refractivity contribution in [1.82, 2.24) is 0 Å². The topological polar surface area (TPSA) is 66.5 Å². The third-order valence-electron chi connectivity index (χ3n) is 3.53. The van der Waals surface area contributed by atoms with Crippen molar-refractivity contribution >= 4 is 32.0 Å². The first-order valence-electron chi connectivity index (χ1n) is 6.27. The van der Waals surface area contributed by atoms with Crippen molar-refractivity contribution in [1.29, 1.82) is 0 Å². The van der Waals surface area contributed by atoms with Crippen LogP contribution in [0.2, 0.25) is 0 Å². The summed E-state index contributed by atoms with van der Waals surface area (Å²) >= 11 is 0. The molecule has 1 aromatic carbocycles. The number of para-hydroxylation sites is 1. The number of sulfone groups is 1. The quantitative estimate of drug-likeness (QED) is 0.831. The van der Waals surface area contributed by atoms with Crippen LogP contribution in [-0.4, -0.2) is 43.1 Å². The molecule has 5 nitrogen and oxygen atoms in total. The molecule has 1 unspecified atom stereocenters. The summed E-state index contributed by atoms with van der Waals surface area (Å²) in [7, 11) is -3.90. The lowest BCUT2D eigenvalue weighted by Gasteiger charge is -2.24. The molecule has 0 aliphatic carbocycles. The second kappa shape index (κ2) is 4.79. The maximum atomic E-state index is 11.8. The van der Waals surface area contributed by atoms with Crippen LogP contribution in [0.4, 0.5) is 11.4 Å². The lowest BCUT2D eigenvalue weighted by molar-refractivity contribution is 0.597. The molecule has 0 spiro atoms. The molecular weight excluding hydrogens is 284 g/mol. The van der Waals surface area contributed by atoms with Crippen molar-refractivity contribution in [2.45, 2.75) is 11.3 Å². The second-order valence-corrected chi connectivity index (χ2v) is 8.53. The largest absolute Gasteiger partial charge is 0.371 e. The van der Waals surface area contributed by atoms with Crippen molar-refractivity contribution in [3.63, 3.8) is 0 Å². The van der Waals surface area contributed by atoms with E-state index in [1.54, 1.807) is 0 Å². The van der Waals surface area contributed by atoms with Gasteiger partial charge >= 0.3 is 0 Å². The van der Waals surface area contributed by atoms with E-state index in [1.807, 2.05) is 18.2 Å². The van der Waals surface area contributed by atoms with Crippen LogP contribution < -0.4 is 10.2 Å². The minimum absolute atomic E-state index is 0.194. The number of nitrogens with zero attached hydrogens (tertiary/aromatic N) is 1. The van der Waals surface area contributed by atoms with Gasteiger partial charge in [0.05, 0.1) is 44.5 Å². The molecule has 1 fully saturated rings. The highest BCUT2D eigenvalue weighted by Crippen LogP contribution is 2.36. The molecule has 1 aromatic rings. The summed E-state index contributed by atoms with van der Waals surface area (Å²) in [6, 6.07) is 5.72. The SMILES string of the molecule is O=S1CNc2c(N3CCCS(=O)(=O)CC3)cccc21. The average Bonchev–Trinajstić information content (AvgIpc) is 2.65. The van der Waals surface area contributed by atoms with Crippen LogP contribution in [0.3, 0.4) is 0 Å². The summed E-state index contributed by atoms with van der Waals surface area (Å²) < 4.78 is 35.1. The van der Waals surface area contributed by atoms with E-state index in [0.717, 1.165) is 22.8 Å². The molecule has 1 atom stereocenters. The van der Waals surface area contributed by atoms with Crippen LogP contribution in [0.5, 0.6) is 0 Å². The van der Waals surface area contributed by atoms with Gasteiger partial charge in [-0.3, -0.25) is 4.21 Å². The predicted octanol–water partition coefficient (Wildman–Crippen LogP) is 0.802. The summed E-state index contributed by atoms with van der Waals surface area (Å²) in [6.45, 7) is 1.23. The number of anilines is 2. The first-order valence-corrected chi connectivity index (χ1v) is 9.41.